The number of fused-ring (bicyclic) bond motifs is 4. The van der Waals surface area contributed by atoms with Crippen LogP contribution in [0.4, 0.5) is 0 Å². The molecule has 0 aromatic carbocycles. The van der Waals surface area contributed by atoms with E-state index in [0.29, 0.717) is 44.5 Å². The first-order valence-electron chi connectivity index (χ1n) is 8.75. The lowest BCUT2D eigenvalue weighted by atomic mass is 9.95. The fourth-order valence-corrected chi connectivity index (χ4v) is 3.59. The predicted molar refractivity (Wildman–Crippen MR) is 91.1 cm³/mol. The zero-order valence-electron chi connectivity index (χ0n) is 14.6. The van der Waals surface area contributed by atoms with Gasteiger partial charge in [-0.05, 0) is 30.9 Å². The first-order chi connectivity index (χ1) is 12.2. The van der Waals surface area contributed by atoms with E-state index in [0.717, 1.165) is 12.8 Å². The van der Waals surface area contributed by atoms with Gasteiger partial charge in [-0.1, -0.05) is 6.07 Å². The van der Waals surface area contributed by atoms with E-state index in [1.807, 2.05) is 15.9 Å². The summed E-state index contributed by atoms with van der Waals surface area (Å²) in [4.78, 5) is 33.1. The maximum Gasteiger partial charge on any atom is 0.272 e. The molecule has 2 amide bonds. The Balaban J connectivity index is 1.62. The van der Waals surface area contributed by atoms with E-state index in [1.54, 1.807) is 25.4 Å². The number of piperidine rings is 1. The fourth-order valence-electron chi connectivity index (χ4n) is 3.59. The smallest absolute Gasteiger partial charge is 0.272 e. The average Bonchev–Trinajstić information content (AvgIpc) is 2.97. The number of nitrogens with zero attached hydrogens (tertiary/aromatic N) is 3. The standard InChI is InChI=1S/C18H25N3O4/c1-24-8-9-25-13-17(22)21-11-14-5-6-15(21)12-20(10-14)18(23)16-4-2-3-7-19-16/h2-4,7,14-15H,5-6,8-13H2,1H3/t14-,15+/m0/s1. The Labute approximate surface area is 147 Å². The Hall–Kier alpha value is -1.99. The van der Waals surface area contributed by atoms with Crippen LogP contribution in [-0.2, 0) is 14.3 Å². The first-order valence-corrected chi connectivity index (χ1v) is 8.75. The van der Waals surface area contributed by atoms with Crippen molar-refractivity contribution >= 4 is 11.8 Å². The van der Waals surface area contributed by atoms with Gasteiger partial charge in [0.2, 0.25) is 5.91 Å². The van der Waals surface area contributed by atoms with E-state index >= 15 is 0 Å². The molecule has 0 N–H and O–H groups in total. The van der Waals surface area contributed by atoms with Crippen LogP contribution in [0.3, 0.4) is 0 Å². The third-order valence-electron chi connectivity index (χ3n) is 4.86. The molecule has 0 unspecified atom stereocenters. The number of hydrogen-bond donors (Lipinski definition) is 0. The van der Waals surface area contributed by atoms with Crippen LogP contribution in [-0.4, -0.2) is 79.2 Å². The van der Waals surface area contributed by atoms with E-state index in [2.05, 4.69) is 4.98 Å². The molecule has 4 rings (SSSR count). The van der Waals surface area contributed by atoms with Crippen molar-refractivity contribution in [1.82, 2.24) is 14.8 Å². The van der Waals surface area contributed by atoms with Gasteiger partial charge in [0.15, 0.2) is 0 Å². The molecule has 3 aliphatic heterocycles. The van der Waals surface area contributed by atoms with Crippen molar-refractivity contribution in [3.05, 3.63) is 30.1 Å². The van der Waals surface area contributed by atoms with Gasteiger partial charge in [-0.25, -0.2) is 0 Å². The van der Waals surface area contributed by atoms with Gasteiger partial charge < -0.3 is 19.3 Å². The van der Waals surface area contributed by atoms with Crippen LogP contribution in [0, 0.1) is 5.92 Å². The second-order valence-corrected chi connectivity index (χ2v) is 6.61. The molecule has 3 saturated heterocycles. The highest BCUT2D eigenvalue weighted by atomic mass is 16.5. The molecule has 0 spiro atoms. The first kappa shape index (κ1) is 17.8. The minimum atomic E-state index is -0.0526. The summed E-state index contributed by atoms with van der Waals surface area (Å²) in [7, 11) is 1.60. The molecule has 7 nitrogen and oxygen atoms in total. The molecule has 0 saturated carbocycles. The summed E-state index contributed by atoms with van der Waals surface area (Å²) in [6.07, 6.45) is 3.61. The molecule has 2 atom stereocenters. The van der Waals surface area contributed by atoms with Crippen molar-refractivity contribution in [3.63, 3.8) is 0 Å². The van der Waals surface area contributed by atoms with Crippen molar-refractivity contribution < 1.29 is 19.1 Å². The van der Waals surface area contributed by atoms with Gasteiger partial charge in [0, 0.05) is 39.0 Å². The molecular weight excluding hydrogens is 322 g/mol. The highest BCUT2D eigenvalue weighted by molar-refractivity contribution is 5.92. The second-order valence-electron chi connectivity index (χ2n) is 6.61. The summed E-state index contributed by atoms with van der Waals surface area (Å²) in [5, 5.41) is 0. The van der Waals surface area contributed by atoms with Crippen molar-refractivity contribution in [2.75, 3.05) is 46.6 Å². The van der Waals surface area contributed by atoms with Crippen LogP contribution < -0.4 is 0 Å². The lowest BCUT2D eigenvalue weighted by molar-refractivity contribution is -0.140. The average molecular weight is 347 g/mol. The van der Waals surface area contributed by atoms with Crippen LogP contribution >= 0.6 is 0 Å². The van der Waals surface area contributed by atoms with Crippen LogP contribution in [0.1, 0.15) is 23.3 Å². The van der Waals surface area contributed by atoms with E-state index in [-0.39, 0.29) is 24.5 Å². The Kier molecular flexibility index (Phi) is 5.99. The number of carbonyl (C=O) groups excluding carboxylic acids is 2. The van der Waals surface area contributed by atoms with Crippen molar-refractivity contribution in [2.24, 2.45) is 5.92 Å². The molecule has 25 heavy (non-hydrogen) atoms. The predicted octanol–water partition coefficient (Wildman–Crippen LogP) is 0.808. The quantitative estimate of drug-likeness (QED) is 0.712. The number of rotatable bonds is 6. The highest BCUT2D eigenvalue weighted by Gasteiger charge is 2.38. The lowest BCUT2D eigenvalue weighted by Gasteiger charge is -2.36. The number of ether oxygens (including phenoxy) is 2. The molecule has 3 aliphatic rings. The SMILES string of the molecule is COCCOCC(=O)N1C[C@H]2CC[C@@H]1CN(C(=O)c1ccccn1)C2. The van der Waals surface area contributed by atoms with E-state index in [1.165, 1.54) is 0 Å². The molecule has 7 heteroatoms. The van der Waals surface area contributed by atoms with Crippen molar-refractivity contribution in [2.45, 2.75) is 18.9 Å². The van der Waals surface area contributed by atoms with Gasteiger partial charge in [0.25, 0.3) is 5.91 Å². The van der Waals surface area contributed by atoms with E-state index in [9.17, 15) is 9.59 Å². The summed E-state index contributed by atoms with van der Waals surface area (Å²) >= 11 is 0. The Bertz CT molecular complexity index is 595. The van der Waals surface area contributed by atoms with E-state index < -0.39 is 0 Å². The van der Waals surface area contributed by atoms with Crippen molar-refractivity contribution in [3.8, 4) is 0 Å². The van der Waals surface area contributed by atoms with Gasteiger partial charge in [0.1, 0.15) is 12.3 Å². The molecule has 1 aromatic rings. The zero-order valence-corrected chi connectivity index (χ0v) is 14.6. The monoisotopic (exact) mass is 347 g/mol. The minimum absolute atomic E-state index is 0.00191. The molecule has 4 heterocycles. The van der Waals surface area contributed by atoms with Crippen LogP contribution in [0.15, 0.2) is 24.4 Å². The fraction of sp³-hybridized carbons (Fsp3) is 0.611. The number of amides is 2. The Morgan fingerprint density at radius 2 is 2.08 bits per heavy atom. The number of carbonyl (C=O) groups is 2. The van der Waals surface area contributed by atoms with Crippen LogP contribution in [0.2, 0.25) is 0 Å². The normalized spacial score (nSPS) is 22.8. The van der Waals surface area contributed by atoms with Crippen LogP contribution in [0.5, 0.6) is 0 Å². The Morgan fingerprint density at radius 3 is 2.84 bits per heavy atom. The summed E-state index contributed by atoms with van der Waals surface area (Å²) in [5.41, 5.74) is 0.463. The molecule has 0 radical (unpaired) electrons. The zero-order chi connectivity index (χ0) is 17.6. The maximum absolute atomic E-state index is 12.7. The summed E-state index contributed by atoms with van der Waals surface area (Å²) in [6, 6.07) is 5.42. The number of hydrogen-bond acceptors (Lipinski definition) is 5. The Morgan fingerprint density at radius 1 is 1.20 bits per heavy atom. The maximum atomic E-state index is 12.7. The highest BCUT2D eigenvalue weighted by Crippen LogP contribution is 2.28. The number of methoxy groups -OCH3 is 1. The summed E-state index contributed by atoms with van der Waals surface area (Å²) < 4.78 is 10.3. The largest absolute Gasteiger partial charge is 0.382 e. The third-order valence-corrected chi connectivity index (χ3v) is 4.86. The molecule has 2 bridgehead atoms. The van der Waals surface area contributed by atoms with Gasteiger partial charge in [0.05, 0.1) is 13.2 Å². The van der Waals surface area contributed by atoms with Crippen molar-refractivity contribution in [1.29, 1.82) is 0 Å². The second kappa shape index (κ2) is 8.40. The molecule has 136 valence electrons. The number of pyridine rings is 1. The molecule has 0 aliphatic carbocycles. The third kappa shape index (κ3) is 4.35. The topological polar surface area (TPSA) is 72.0 Å². The van der Waals surface area contributed by atoms with Gasteiger partial charge >= 0.3 is 0 Å². The number of aromatic nitrogens is 1. The van der Waals surface area contributed by atoms with E-state index in [4.69, 9.17) is 9.47 Å². The van der Waals surface area contributed by atoms with Crippen LogP contribution in [0.25, 0.3) is 0 Å². The van der Waals surface area contributed by atoms with Gasteiger partial charge in [-0.15, -0.1) is 0 Å². The molecule has 3 fully saturated rings. The van der Waals surface area contributed by atoms with Gasteiger partial charge in [-0.3, -0.25) is 14.6 Å². The molecule has 1 aromatic heterocycles. The summed E-state index contributed by atoms with van der Waals surface area (Å²) in [6.45, 7) is 2.90. The lowest BCUT2D eigenvalue weighted by Crippen LogP contribution is -2.49. The van der Waals surface area contributed by atoms with Gasteiger partial charge in [-0.2, -0.15) is 0 Å². The summed E-state index contributed by atoms with van der Waals surface area (Å²) in [5.74, 6) is 0.260. The minimum Gasteiger partial charge on any atom is -0.382 e. The molecular formula is C18H25N3O4.